The van der Waals surface area contributed by atoms with E-state index in [0.29, 0.717) is 30.2 Å². The van der Waals surface area contributed by atoms with Gasteiger partial charge in [-0.3, -0.25) is 9.69 Å². The summed E-state index contributed by atoms with van der Waals surface area (Å²) in [6.45, 7) is 10.7. The molecule has 152 valence electrons. The van der Waals surface area contributed by atoms with E-state index < -0.39 is 0 Å². The SMILES string of the molecule is CCN(CC)C(=O)c1cn(C2CCC23CCN(Cc2scnc2C)CC3)nn1. The fourth-order valence-corrected chi connectivity index (χ4v) is 5.53. The van der Waals surface area contributed by atoms with Crippen molar-refractivity contribution >= 4 is 17.2 Å². The second-order valence-corrected chi connectivity index (χ2v) is 9.05. The highest BCUT2D eigenvalue weighted by atomic mass is 32.1. The maximum absolute atomic E-state index is 12.5. The number of hydrogen-bond acceptors (Lipinski definition) is 6. The Morgan fingerprint density at radius 1 is 1.29 bits per heavy atom. The second-order valence-electron chi connectivity index (χ2n) is 8.12. The molecule has 3 heterocycles. The molecule has 0 N–H and O–H groups in total. The van der Waals surface area contributed by atoms with Crippen LogP contribution in [0.2, 0.25) is 0 Å². The van der Waals surface area contributed by atoms with E-state index in [9.17, 15) is 4.79 Å². The molecule has 1 saturated carbocycles. The molecule has 7 nitrogen and oxygen atoms in total. The van der Waals surface area contributed by atoms with Crippen molar-refractivity contribution in [2.45, 2.75) is 59.0 Å². The molecule has 0 radical (unpaired) electrons. The van der Waals surface area contributed by atoms with E-state index in [2.05, 4.69) is 27.1 Å². The van der Waals surface area contributed by atoms with Crippen molar-refractivity contribution in [1.29, 1.82) is 0 Å². The first-order chi connectivity index (χ1) is 13.6. The number of aryl methyl sites for hydroxylation is 1. The number of rotatable bonds is 6. The van der Waals surface area contributed by atoms with Gasteiger partial charge in [0.1, 0.15) is 0 Å². The van der Waals surface area contributed by atoms with Gasteiger partial charge in [-0.1, -0.05) is 5.21 Å². The van der Waals surface area contributed by atoms with E-state index in [1.165, 1.54) is 29.8 Å². The molecule has 2 fully saturated rings. The minimum atomic E-state index is -0.0145. The molecule has 2 aromatic heterocycles. The summed E-state index contributed by atoms with van der Waals surface area (Å²) in [5.74, 6) is -0.0145. The number of hydrogen-bond donors (Lipinski definition) is 0. The van der Waals surface area contributed by atoms with Crippen LogP contribution in [0.15, 0.2) is 11.7 Å². The number of carbonyl (C=O) groups is 1. The third kappa shape index (κ3) is 3.48. The predicted molar refractivity (Wildman–Crippen MR) is 109 cm³/mol. The van der Waals surface area contributed by atoms with E-state index in [0.717, 1.165) is 26.1 Å². The first-order valence-electron chi connectivity index (χ1n) is 10.4. The lowest BCUT2D eigenvalue weighted by Gasteiger charge is -2.53. The second kappa shape index (κ2) is 7.91. The number of nitrogens with zero attached hydrogens (tertiary/aromatic N) is 6. The molecular weight excluding hydrogens is 372 g/mol. The molecule has 1 unspecified atom stereocenters. The molecule has 1 amide bonds. The standard InChI is InChI=1S/C20H30N6OS/c1-4-25(5-2)19(27)16-12-26(23-22-16)18-6-7-20(18)8-10-24(11-9-20)13-17-15(3)21-14-28-17/h12,14,18H,4-11,13H2,1-3H3. The number of amides is 1. The molecular formula is C20H30N6OS. The molecule has 0 bridgehead atoms. The highest BCUT2D eigenvalue weighted by molar-refractivity contribution is 7.09. The lowest BCUT2D eigenvalue weighted by atomic mass is 9.59. The van der Waals surface area contributed by atoms with Crippen LogP contribution in [0.25, 0.3) is 0 Å². The highest BCUT2D eigenvalue weighted by Gasteiger charge is 2.49. The fourth-order valence-electron chi connectivity index (χ4n) is 4.72. The first kappa shape index (κ1) is 19.5. The predicted octanol–water partition coefficient (Wildman–Crippen LogP) is 3.14. The van der Waals surface area contributed by atoms with Gasteiger partial charge in [-0.25, -0.2) is 9.67 Å². The summed E-state index contributed by atoms with van der Waals surface area (Å²) in [7, 11) is 0. The minimum Gasteiger partial charge on any atom is -0.338 e. The van der Waals surface area contributed by atoms with Crippen LogP contribution < -0.4 is 0 Å². The zero-order chi connectivity index (χ0) is 19.7. The lowest BCUT2D eigenvalue weighted by Crippen LogP contribution is -2.49. The zero-order valence-electron chi connectivity index (χ0n) is 17.1. The normalized spacial score (nSPS) is 21.6. The van der Waals surface area contributed by atoms with Crippen molar-refractivity contribution in [2.24, 2.45) is 5.41 Å². The Hall–Kier alpha value is -1.80. The van der Waals surface area contributed by atoms with E-state index in [1.807, 2.05) is 30.2 Å². The third-order valence-electron chi connectivity index (χ3n) is 6.79. The largest absolute Gasteiger partial charge is 0.338 e. The summed E-state index contributed by atoms with van der Waals surface area (Å²) in [5.41, 5.74) is 3.91. The van der Waals surface area contributed by atoms with Gasteiger partial charge in [0.2, 0.25) is 0 Å². The Morgan fingerprint density at radius 2 is 2.04 bits per heavy atom. The van der Waals surface area contributed by atoms with E-state index in [-0.39, 0.29) is 5.91 Å². The van der Waals surface area contributed by atoms with Gasteiger partial charge in [0.15, 0.2) is 5.69 Å². The van der Waals surface area contributed by atoms with Crippen LogP contribution in [0.3, 0.4) is 0 Å². The molecule has 1 atom stereocenters. The number of aromatic nitrogens is 4. The highest BCUT2D eigenvalue weighted by Crippen LogP contribution is 2.56. The van der Waals surface area contributed by atoms with Gasteiger partial charge in [-0.05, 0) is 65.0 Å². The third-order valence-corrected chi connectivity index (χ3v) is 7.71. The Morgan fingerprint density at radius 3 is 2.61 bits per heavy atom. The summed E-state index contributed by atoms with van der Waals surface area (Å²) in [6, 6.07) is 0.380. The maximum atomic E-state index is 12.5. The van der Waals surface area contributed by atoms with Crippen LogP contribution in [0.1, 0.15) is 66.6 Å². The van der Waals surface area contributed by atoms with Crippen LogP contribution in [-0.4, -0.2) is 61.9 Å². The van der Waals surface area contributed by atoms with Gasteiger partial charge in [0.25, 0.3) is 5.91 Å². The zero-order valence-corrected chi connectivity index (χ0v) is 17.9. The molecule has 1 saturated heterocycles. The summed E-state index contributed by atoms with van der Waals surface area (Å²) < 4.78 is 1.98. The van der Waals surface area contributed by atoms with Crippen molar-refractivity contribution in [3.63, 3.8) is 0 Å². The summed E-state index contributed by atoms with van der Waals surface area (Å²) in [5, 5.41) is 8.54. The van der Waals surface area contributed by atoms with Gasteiger partial charge in [0, 0.05) is 24.5 Å². The van der Waals surface area contributed by atoms with Gasteiger partial charge in [0.05, 0.1) is 23.4 Å². The molecule has 1 aliphatic carbocycles. The lowest BCUT2D eigenvalue weighted by molar-refractivity contribution is -0.0332. The van der Waals surface area contributed by atoms with E-state index in [4.69, 9.17) is 0 Å². The fraction of sp³-hybridized carbons (Fsp3) is 0.700. The summed E-state index contributed by atoms with van der Waals surface area (Å²) in [6.07, 6.45) is 6.64. The molecule has 2 aliphatic rings. The van der Waals surface area contributed by atoms with Crippen molar-refractivity contribution in [2.75, 3.05) is 26.2 Å². The Kier molecular flexibility index (Phi) is 5.51. The maximum Gasteiger partial charge on any atom is 0.276 e. The van der Waals surface area contributed by atoms with Crippen LogP contribution in [0, 0.1) is 12.3 Å². The Labute approximate surface area is 170 Å². The first-order valence-corrected chi connectivity index (χ1v) is 11.3. The van der Waals surface area contributed by atoms with Crippen LogP contribution in [-0.2, 0) is 6.54 Å². The van der Waals surface area contributed by atoms with Crippen LogP contribution >= 0.6 is 11.3 Å². The number of piperidine rings is 1. The quantitative estimate of drug-likeness (QED) is 0.743. The topological polar surface area (TPSA) is 67.2 Å². The molecule has 28 heavy (non-hydrogen) atoms. The van der Waals surface area contributed by atoms with Gasteiger partial charge >= 0.3 is 0 Å². The van der Waals surface area contributed by atoms with Crippen LogP contribution in [0.5, 0.6) is 0 Å². The Balaban J connectivity index is 1.39. The molecule has 4 rings (SSSR count). The molecule has 8 heteroatoms. The summed E-state index contributed by atoms with van der Waals surface area (Å²) >= 11 is 1.76. The number of likely N-dealkylation sites (tertiary alicyclic amines) is 1. The smallest absolute Gasteiger partial charge is 0.276 e. The van der Waals surface area contributed by atoms with Crippen molar-refractivity contribution in [1.82, 2.24) is 29.8 Å². The summed E-state index contributed by atoms with van der Waals surface area (Å²) in [4.78, 5) is 22.6. The van der Waals surface area contributed by atoms with Crippen molar-refractivity contribution in [3.8, 4) is 0 Å². The van der Waals surface area contributed by atoms with Crippen LogP contribution in [0.4, 0.5) is 0 Å². The monoisotopic (exact) mass is 402 g/mol. The van der Waals surface area contributed by atoms with Crippen molar-refractivity contribution < 1.29 is 4.79 Å². The van der Waals surface area contributed by atoms with Gasteiger partial charge in [-0.15, -0.1) is 16.4 Å². The minimum absolute atomic E-state index is 0.0145. The average Bonchev–Trinajstić information content (AvgIpc) is 3.32. The van der Waals surface area contributed by atoms with E-state index >= 15 is 0 Å². The van der Waals surface area contributed by atoms with Gasteiger partial charge in [-0.2, -0.15) is 0 Å². The van der Waals surface area contributed by atoms with E-state index in [1.54, 1.807) is 16.2 Å². The molecule has 1 spiro atoms. The van der Waals surface area contributed by atoms with Crippen molar-refractivity contribution in [3.05, 3.63) is 28.0 Å². The number of carbonyl (C=O) groups excluding carboxylic acids is 1. The number of thiazole rings is 1. The Bertz CT molecular complexity index is 818. The molecule has 2 aromatic rings. The molecule has 1 aliphatic heterocycles. The van der Waals surface area contributed by atoms with Gasteiger partial charge < -0.3 is 4.90 Å². The average molecular weight is 403 g/mol. The molecule has 0 aromatic carbocycles.